The van der Waals surface area contributed by atoms with E-state index < -0.39 is 5.60 Å². The molecule has 0 N–H and O–H groups in total. The maximum Gasteiger partial charge on any atom is 0.410 e. The highest BCUT2D eigenvalue weighted by atomic mass is 19.1. The summed E-state index contributed by atoms with van der Waals surface area (Å²) in [5, 5.41) is 0. The smallest absolute Gasteiger partial charge is 0.410 e. The van der Waals surface area contributed by atoms with E-state index in [-0.39, 0.29) is 11.9 Å². The lowest BCUT2D eigenvalue weighted by Crippen LogP contribution is -2.50. The molecule has 1 aliphatic rings. The number of hydrogen-bond donors (Lipinski definition) is 0. The van der Waals surface area contributed by atoms with E-state index in [1.54, 1.807) is 17.0 Å². The Balaban J connectivity index is 1.60. The van der Waals surface area contributed by atoms with Crippen LogP contribution in [-0.4, -0.2) is 42.8 Å². The van der Waals surface area contributed by atoms with Crippen LogP contribution in [-0.2, 0) is 11.3 Å². The predicted octanol–water partition coefficient (Wildman–Crippen LogP) is 4.46. The van der Waals surface area contributed by atoms with Crippen molar-refractivity contribution in [2.75, 3.05) is 31.1 Å². The van der Waals surface area contributed by atoms with Crippen LogP contribution in [0.1, 0.15) is 26.3 Å². The fraction of sp³-hybridized carbons (Fsp3) is 0.409. The van der Waals surface area contributed by atoms with Gasteiger partial charge < -0.3 is 19.3 Å². The van der Waals surface area contributed by atoms with Crippen LogP contribution in [0.4, 0.5) is 14.9 Å². The molecular formula is C22H27FN2O3. The van der Waals surface area contributed by atoms with Gasteiger partial charge in [0.2, 0.25) is 0 Å². The monoisotopic (exact) mass is 386 g/mol. The van der Waals surface area contributed by atoms with Gasteiger partial charge in [0.15, 0.2) is 0 Å². The minimum atomic E-state index is -0.523. The zero-order valence-corrected chi connectivity index (χ0v) is 16.7. The van der Waals surface area contributed by atoms with E-state index in [9.17, 15) is 9.18 Å². The molecule has 0 atom stereocenters. The third-order valence-electron chi connectivity index (χ3n) is 4.44. The van der Waals surface area contributed by atoms with Crippen LogP contribution >= 0.6 is 0 Å². The van der Waals surface area contributed by atoms with E-state index in [4.69, 9.17) is 9.47 Å². The molecule has 3 rings (SSSR count). The summed E-state index contributed by atoms with van der Waals surface area (Å²) in [5.41, 5.74) is 1.03. The van der Waals surface area contributed by atoms with Crippen LogP contribution in [0.3, 0.4) is 0 Å². The summed E-state index contributed by atoms with van der Waals surface area (Å²) in [5.74, 6) is 0.326. The molecule has 5 nitrogen and oxygen atoms in total. The van der Waals surface area contributed by atoms with Gasteiger partial charge >= 0.3 is 6.09 Å². The first-order valence-electron chi connectivity index (χ1n) is 9.51. The Morgan fingerprint density at radius 3 is 2.36 bits per heavy atom. The zero-order valence-electron chi connectivity index (χ0n) is 16.7. The molecule has 150 valence electrons. The third-order valence-corrected chi connectivity index (χ3v) is 4.44. The second kappa shape index (κ2) is 8.50. The molecule has 0 radical (unpaired) electrons. The standard InChI is InChI=1S/C22H27FN2O3/c1-22(2,3)28-21(26)25-13-11-24(12-14-25)20-15-18(9-10-19(20)23)27-16-17-7-5-4-6-8-17/h4-10,15H,11-14,16H2,1-3H3. The third kappa shape index (κ3) is 5.38. The van der Waals surface area contributed by atoms with Gasteiger partial charge in [-0.1, -0.05) is 30.3 Å². The fourth-order valence-corrected chi connectivity index (χ4v) is 3.02. The summed E-state index contributed by atoms with van der Waals surface area (Å²) >= 11 is 0. The predicted molar refractivity (Wildman–Crippen MR) is 107 cm³/mol. The molecule has 0 bridgehead atoms. The minimum Gasteiger partial charge on any atom is -0.489 e. The second-order valence-electron chi connectivity index (χ2n) is 7.84. The Morgan fingerprint density at radius 1 is 1.04 bits per heavy atom. The Hall–Kier alpha value is -2.76. The summed E-state index contributed by atoms with van der Waals surface area (Å²) in [6.07, 6.45) is -0.326. The van der Waals surface area contributed by atoms with Crippen molar-refractivity contribution in [2.24, 2.45) is 0 Å². The lowest BCUT2D eigenvalue weighted by atomic mass is 10.2. The van der Waals surface area contributed by atoms with Crippen molar-refractivity contribution < 1.29 is 18.7 Å². The highest BCUT2D eigenvalue weighted by molar-refractivity contribution is 5.68. The first kappa shape index (κ1) is 20.0. The van der Waals surface area contributed by atoms with Gasteiger partial charge in [-0.15, -0.1) is 0 Å². The fourth-order valence-electron chi connectivity index (χ4n) is 3.02. The molecule has 0 aromatic heterocycles. The molecule has 2 aromatic rings. The van der Waals surface area contributed by atoms with Crippen LogP contribution in [0.2, 0.25) is 0 Å². The molecule has 6 heteroatoms. The Kier molecular flexibility index (Phi) is 6.07. The van der Waals surface area contributed by atoms with E-state index in [1.165, 1.54) is 6.07 Å². The molecule has 28 heavy (non-hydrogen) atoms. The number of carbonyl (C=O) groups excluding carboxylic acids is 1. The Bertz CT molecular complexity index is 797. The number of halogens is 1. The number of piperazine rings is 1. The lowest BCUT2D eigenvalue weighted by Gasteiger charge is -2.36. The van der Waals surface area contributed by atoms with E-state index in [0.717, 1.165) is 5.56 Å². The van der Waals surface area contributed by atoms with Crippen molar-refractivity contribution >= 4 is 11.8 Å². The minimum absolute atomic E-state index is 0.294. The molecule has 1 saturated heterocycles. The molecule has 0 unspecified atom stereocenters. The molecule has 0 spiro atoms. The molecular weight excluding hydrogens is 359 g/mol. The summed E-state index contributed by atoms with van der Waals surface area (Å²) < 4.78 is 25.6. The van der Waals surface area contributed by atoms with Crippen LogP contribution in [0.25, 0.3) is 0 Å². The van der Waals surface area contributed by atoms with Crippen molar-refractivity contribution in [1.29, 1.82) is 0 Å². The van der Waals surface area contributed by atoms with Gasteiger partial charge in [0, 0.05) is 32.2 Å². The molecule has 1 heterocycles. The molecule has 1 amide bonds. The number of amides is 1. The molecule has 1 aliphatic heterocycles. The highest BCUT2D eigenvalue weighted by Crippen LogP contribution is 2.27. The van der Waals surface area contributed by atoms with Crippen LogP contribution < -0.4 is 9.64 Å². The Labute approximate surface area is 165 Å². The number of anilines is 1. The van der Waals surface area contributed by atoms with Gasteiger partial charge in [-0.3, -0.25) is 0 Å². The van der Waals surface area contributed by atoms with Crippen LogP contribution in [0.5, 0.6) is 5.75 Å². The summed E-state index contributed by atoms with van der Waals surface area (Å²) in [6, 6.07) is 14.6. The highest BCUT2D eigenvalue weighted by Gasteiger charge is 2.27. The summed E-state index contributed by atoms with van der Waals surface area (Å²) in [4.78, 5) is 15.8. The van der Waals surface area contributed by atoms with E-state index in [0.29, 0.717) is 44.2 Å². The number of carbonyl (C=O) groups is 1. The van der Waals surface area contributed by atoms with Crippen LogP contribution in [0.15, 0.2) is 48.5 Å². The number of benzene rings is 2. The SMILES string of the molecule is CC(C)(C)OC(=O)N1CCN(c2cc(OCc3ccccc3)ccc2F)CC1. The van der Waals surface area contributed by atoms with Crippen molar-refractivity contribution in [3.8, 4) is 5.75 Å². The molecule has 2 aromatic carbocycles. The van der Waals surface area contributed by atoms with Crippen molar-refractivity contribution in [1.82, 2.24) is 4.90 Å². The van der Waals surface area contributed by atoms with Gasteiger partial charge in [-0.25, -0.2) is 9.18 Å². The summed E-state index contributed by atoms with van der Waals surface area (Å²) in [7, 11) is 0. The average Bonchev–Trinajstić information content (AvgIpc) is 2.67. The van der Waals surface area contributed by atoms with Crippen molar-refractivity contribution in [3.63, 3.8) is 0 Å². The van der Waals surface area contributed by atoms with Gasteiger partial charge in [0.1, 0.15) is 23.8 Å². The first-order chi connectivity index (χ1) is 13.3. The van der Waals surface area contributed by atoms with Gasteiger partial charge in [0.05, 0.1) is 5.69 Å². The number of hydrogen-bond acceptors (Lipinski definition) is 4. The van der Waals surface area contributed by atoms with Gasteiger partial charge in [0.25, 0.3) is 0 Å². The maximum absolute atomic E-state index is 14.4. The lowest BCUT2D eigenvalue weighted by molar-refractivity contribution is 0.0240. The molecule has 0 saturated carbocycles. The van der Waals surface area contributed by atoms with E-state index in [1.807, 2.05) is 56.0 Å². The normalized spacial score (nSPS) is 14.7. The second-order valence-corrected chi connectivity index (χ2v) is 7.84. The topological polar surface area (TPSA) is 42.0 Å². The van der Waals surface area contributed by atoms with Gasteiger partial charge in [-0.2, -0.15) is 0 Å². The number of nitrogens with zero attached hydrogens (tertiary/aromatic N) is 2. The average molecular weight is 386 g/mol. The van der Waals surface area contributed by atoms with Gasteiger partial charge in [-0.05, 0) is 38.5 Å². The first-order valence-corrected chi connectivity index (χ1v) is 9.51. The number of ether oxygens (including phenoxy) is 2. The molecule has 1 fully saturated rings. The molecule has 0 aliphatic carbocycles. The van der Waals surface area contributed by atoms with Crippen LogP contribution in [0, 0.1) is 5.82 Å². The zero-order chi connectivity index (χ0) is 20.1. The Morgan fingerprint density at radius 2 is 1.71 bits per heavy atom. The van der Waals surface area contributed by atoms with Crippen molar-refractivity contribution in [3.05, 3.63) is 59.9 Å². The quantitative estimate of drug-likeness (QED) is 0.778. The number of rotatable bonds is 4. The van der Waals surface area contributed by atoms with E-state index in [2.05, 4.69) is 0 Å². The van der Waals surface area contributed by atoms with Crippen molar-refractivity contribution in [2.45, 2.75) is 33.0 Å². The maximum atomic E-state index is 14.4. The van der Waals surface area contributed by atoms with E-state index >= 15 is 0 Å². The largest absolute Gasteiger partial charge is 0.489 e. The summed E-state index contributed by atoms with van der Waals surface area (Å²) in [6.45, 7) is 8.02.